The predicted molar refractivity (Wildman–Crippen MR) is 135 cm³/mol. The molecule has 9 nitrogen and oxygen atoms in total. The van der Waals surface area contributed by atoms with Gasteiger partial charge in [-0.1, -0.05) is 13.8 Å². The number of allylic oxidation sites excluding steroid dienone is 4. The van der Waals surface area contributed by atoms with Gasteiger partial charge in [-0.3, -0.25) is 4.98 Å². The molecule has 1 aromatic rings. The van der Waals surface area contributed by atoms with Crippen LogP contribution in [0.2, 0.25) is 0 Å². The van der Waals surface area contributed by atoms with Gasteiger partial charge in [0.15, 0.2) is 0 Å². The molecule has 0 amide bonds. The van der Waals surface area contributed by atoms with Crippen LogP contribution in [0, 0.1) is 11.3 Å². The average Bonchev–Trinajstić information content (AvgIpc) is 2.81. The molecular weight excluding hydrogens is 414 g/mol. The Morgan fingerprint density at radius 2 is 1.91 bits per heavy atom. The minimum absolute atomic E-state index is 0.186. The maximum atomic E-state index is 7.53. The van der Waals surface area contributed by atoms with Gasteiger partial charge in [-0.05, 0) is 47.9 Å². The third kappa shape index (κ3) is 6.07. The Kier molecular flexibility index (Phi) is 7.59. The number of hydrogen-bond donors (Lipinski definition) is 6. The van der Waals surface area contributed by atoms with Gasteiger partial charge in [0.25, 0.3) is 0 Å². The number of dihydropyridines is 2. The summed E-state index contributed by atoms with van der Waals surface area (Å²) in [5.74, 6) is 1.46. The van der Waals surface area contributed by atoms with Gasteiger partial charge in [-0.2, -0.15) is 0 Å². The van der Waals surface area contributed by atoms with Crippen LogP contribution in [0.15, 0.2) is 105 Å². The fraction of sp³-hybridized carbons (Fsp3) is 0.167. The van der Waals surface area contributed by atoms with E-state index in [-0.39, 0.29) is 5.92 Å². The van der Waals surface area contributed by atoms with Crippen LogP contribution in [0.4, 0.5) is 5.69 Å². The van der Waals surface area contributed by atoms with Crippen LogP contribution in [0.25, 0.3) is 0 Å². The van der Waals surface area contributed by atoms with Crippen molar-refractivity contribution in [3.8, 4) is 0 Å². The zero-order valence-corrected chi connectivity index (χ0v) is 18.9. The van der Waals surface area contributed by atoms with Gasteiger partial charge >= 0.3 is 0 Å². The Morgan fingerprint density at radius 3 is 2.58 bits per heavy atom. The number of aliphatic imine (C=N–C) groups is 2. The summed E-state index contributed by atoms with van der Waals surface area (Å²) in [6, 6.07) is 3.58. The van der Waals surface area contributed by atoms with E-state index in [1.165, 1.54) is 6.21 Å². The number of pyridine rings is 1. The van der Waals surface area contributed by atoms with Crippen molar-refractivity contribution in [3.05, 3.63) is 95.2 Å². The third-order valence-corrected chi connectivity index (χ3v) is 4.83. The van der Waals surface area contributed by atoms with Gasteiger partial charge in [0.05, 0.1) is 17.1 Å². The third-order valence-electron chi connectivity index (χ3n) is 4.83. The summed E-state index contributed by atoms with van der Waals surface area (Å²) in [4.78, 5) is 12.9. The zero-order valence-electron chi connectivity index (χ0n) is 18.9. The predicted octanol–water partition coefficient (Wildman–Crippen LogP) is 2.46. The van der Waals surface area contributed by atoms with Crippen LogP contribution >= 0.6 is 0 Å². The lowest BCUT2D eigenvalue weighted by Gasteiger charge is -2.24. The SMILES string of the molecule is CN/C=C(/C1=CNC2=CC=C(N=C(N)C=C(C=N)C(C)C)NC2=C1)C(N)=Nc1ccncc1. The molecule has 2 aliphatic heterocycles. The van der Waals surface area contributed by atoms with E-state index < -0.39 is 0 Å². The summed E-state index contributed by atoms with van der Waals surface area (Å²) in [6.45, 7) is 4.01. The van der Waals surface area contributed by atoms with Gasteiger partial charge in [0.2, 0.25) is 0 Å². The molecule has 0 fully saturated rings. The highest BCUT2D eigenvalue weighted by molar-refractivity contribution is 6.03. The van der Waals surface area contributed by atoms with Gasteiger partial charge < -0.3 is 32.8 Å². The Labute approximate surface area is 193 Å². The second kappa shape index (κ2) is 10.8. The van der Waals surface area contributed by atoms with Crippen molar-refractivity contribution in [1.29, 1.82) is 5.41 Å². The zero-order chi connectivity index (χ0) is 23.8. The molecule has 3 rings (SSSR count). The minimum Gasteiger partial charge on any atom is -0.393 e. The smallest absolute Gasteiger partial charge is 0.133 e. The summed E-state index contributed by atoms with van der Waals surface area (Å²) in [5.41, 5.74) is 17.2. The fourth-order valence-electron chi connectivity index (χ4n) is 3.10. The first-order valence-corrected chi connectivity index (χ1v) is 10.5. The molecule has 0 radical (unpaired) electrons. The van der Waals surface area contributed by atoms with E-state index in [2.05, 4.69) is 30.9 Å². The number of nitrogens with one attached hydrogen (secondary N) is 4. The summed E-state index contributed by atoms with van der Waals surface area (Å²) < 4.78 is 0. The van der Waals surface area contributed by atoms with Crippen molar-refractivity contribution >= 4 is 23.6 Å². The second-order valence-electron chi connectivity index (χ2n) is 7.59. The molecule has 9 heteroatoms. The minimum atomic E-state index is 0.186. The molecule has 0 bridgehead atoms. The van der Waals surface area contributed by atoms with E-state index in [9.17, 15) is 0 Å². The Morgan fingerprint density at radius 1 is 1.15 bits per heavy atom. The number of nitrogens with zero attached hydrogens (tertiary/aromatic N) is 3. The highest BCUT2D eigenvalue weighted by atomic mass is 15.1. The summed E-state index contributed by atoms with van der Waals surface area (Å²) in [5, 5.41) is 17.1. The molecule has 0 saturated carbocycles. The first-order chi connectivity index (χ1) is 15.9. The molecule has 0 saturated heterocycles. The summed E-state index contributed by atoms with van der Waals surface area (Å²) >= 11 is 0. The van der Waals surface area contributed by atoms with Gasteiger partial charge in [-0.25, -0.2) is 9.98 Å². The largest absolute Gasteiger partial charge is 0.393 e. The number of hydrogen-bond acceptors (Lipinski definition) is 7. The van der Waals surface area contributed by atoms with Crippen LogP contribution in [-0.4, -0.2) is 29.9 Å². The van der Waals surface area contributed by atoms with E-state index in [0.29, 0.717) is 23.2 Å². The number of nitrogens with two attached hydrogens (primary N) is 2. The van der Waals surface area contributed by atoms with Crippen molar-refractivity contribution in [2.75, 3.05) is 7.05 Å². The highest BCUT2D eigenvalue weighted by Crippen LogP contribution is 2.24. The van der Waals surface area contributed by atoms with E-state index in [1.54, 1.807) is 43.9 Å². The van der Waals surface area contributed by atoms with E-state index in [4.69, 9.17) is 16.9 Å². The van der Waals surface area contributed by atoms with Crippen molar-refractivity contribution < 1.29 is 0 Å². The van der Waals surface area contributed by atoms with Crippen LogP contribution in [-0.2, 0) is 0 Å². The summed E-state index contributed by atoms with van der Waals surface area (Å²) in [6.07, 6.45) is 15.7. The molecule has 1 aromatic heterocycles. The number of amidine groups is 2. The normalized spacial score (nSPS) is 17.1. The van der Waals surface area contributed by atoms with Crippen molar-refractivity contribution in [2.45, 2.75) is 13.8 Å². The van der Waals surface area contributed by atoms with Crippen molar-refractivity contribution in [1.82, 2.24) is 20.9 Å². The molecule has 170 valence electrons. The number of aromatic nitrogens is 1. The first kappa shape index (κ1) is 23.3. The molecule has 33 heavy (non-hydrogen) atoms. The van der Waals surface area contributed by atoms with Crippen molar-refractivity contribution in [2.24, 2.45) is 27.4 Å². The van der Waals surface area contributed by atoms with E-state index in [1.807, 2.05) is 38.3 Å². The van der Waals surface area contributed by atoms with Gasteiger partial charge in [-0.15, -0.1) is 0 Å². The molecule has 0 aromatic carbocycles. The maximum Gasteiger partial charge on any atom is 0.133 e. The van der Waals surface area contributed by atoms with Crippen LogP contribution in [0.5, 0.6) is 0 Å². The standard InChI is InChI=1S/C24H29N9/c1-15(2)16(12-25)11-22(26)33-23-5-4-20-21(32-23)10-17(13-30-20)19(14-28-3)24(27)31-18-6-8-29-9-7-18/h4-15,25,28,30,32H,1-3H3,(H2,26,33)(H2,27,29,31)/b16-11?,19-14-,25-12?. The van der Waals surface area contributed by atoms with E-state index >= 15 is 0 Å². The Bertz CT molecular complexity index is 1140. The second-order valence-corrected chi connectivity index (χ2v) is 7.59. The number of rotatable bonds is 8. The van der Waals surface area contributed by atoms with Crippen molar-refractivity contribution in [3.63, 3.8) is 0 Å². The van der Waals surface area contributed by atoms with Crippen LogP contribution in [0.1, 0.15) is 13.8 Å². The Balaban J connectivity index is 1.85. The quantitative estimate of drug-likeness (QED) is 0.268. The van der Waals surface area contributed by atoms with E-state index in [0.717, 1.165) is 28.1 Å². The summed E-state index contributed by atoms with van der Waals surface area (Å²) in [7, 11) is 1.80. The topological polar surface area (TPSA) is 150 Å². The first-order valence-electron chi connectivity index (χ1n) is 10.5. The lowest BCUT2D eigenvalue weighted by molar-refractivity contribution is 0.806. The molecular formula is C24H29N9. The monoisotopic (exact) mass is 443 g/mol. The Hall–Kier alpha value is -4.40. The maximum absolute atomic E-state index is 7.53. The average molecular weight is 444 g/mol. The molecule has 0 spiro atoms. The lowest BCUT2D eigenvalue weighted by Crippen LogP contribution is -2.28. The van der Waals surface area contributed by atoms with Crippen LogP contribution < -0.4 is 27.4 Å². The lowest BCUT2D eigenvalue weighted by atomic mass is 10.0. The van der Waals surface area contributed by atoms with Crippen LogP contribution in [0.3, 0.4) is 0 Å². The molecule has 0 atom stereocenters. The van der Waals surface area contributed by atoms with Gasteiger partial charge in [0.1, 0.15) is 17.5 Å². The highest BCUT2D eigenvalue weighted by Gasteiger charge is 2.18. The molecule has 3 heterocycles. The fourth-order valence-corrected chi connectivity index (χ4v) is 3.10. The molecule has 0 unspecified atom stereocenters. The van der Waals surface area contributed by atoms with Gasteiger partial charge in [0, 0.05) is 49.2 Å². The molecule has 2 aliphatic rings. The number of fused-ring (bicyclic) bond motifs is 1. The molecule has 0 aliphatic carbocycles. The molecule has 8 N–H and O–H groups in total.